The second-order valence-corrected chi connectivity index (χ2v) is 4.80. The van der Waals surface area contributed by atoms with Gasteiger partial charge in [0.05, 0.1) is 0 Å². The number of rotatable bonds is 4. The van der Waals surface area contributed by atoms with E-state index in [2.05, 4.69) is 41.3 Å². The molecule has 0 unspecified atom stereocenters. The van der Waals surface area contributed by atoms with E-state index in [9.17, 15) is 0 Å². The highest BCUT2D eigenvalue weighted by Crippen LogP contribution is 2.19. The van der Waals surface area contributed by atoms with Crippen molar-refractivity contribution < 1.29 is 0 Å². The molecule has 0 aliphatic heterocycles. The van der Waals surface area contributed by atoms with Crippen molar-refractivity contribution in [2.75, 3.05) is 0 Å². The maximum Gasteiger partial charge on any atom is 0.0378 e. The Morgan fingerprint density at radius 2 is 2.00 bits per heavy atom. The van der Waals surface area contributed by atoms with E-state index in [1.54, 1.807) is 0 Å². The standard InChI is InChI=1S/C15H19N3/c1-11(2)18-9-13-7-15(10-16-8-13)14-4-5-17-12(3)6-14/h4-8,10-11,18H,9H2,1-3H3. The fourth-order valence-corrected chi connectivity index (χ4v) is 1.79. The average Bonchev–Trinajstić information content (AvgIpc) is 2.37. The maximum absolute atomic E-state index is 4.31. The van der Waals surface area contributed by atoms with Crippen molar-refractivity contribution in [2.45, 2.75) is 33.4 Å². The summed E-state index contributed by atoms with van der Waals surface area (Å²) in [7, 11) is 0. The number of pyridine rings is 2. The third-order valence-electron chi connectivity index (χ3n) is 2.74. The Kier molecular flexibility index (Phi) is 4.05. The van der Waals surface area contributed by atoms with Crippen molar-refractivity contribution >= 4 is 0 Å². The molecule has 0 bridgehead atoms. The third-order valence-corrected chi connectivity index (χ3v) is 2.74. The molecule has 0 aromatic carbocycles. The maximum atomic E-state index is 4.31. The minimum atomic E-state index is 0.483. The molecule has 0 saturated carbocycles. The molecule has 94 valence electrons. The van der Waals surface area contributed by atoms with Crippen LogP contribution >= 0.6 is 0 Å². The van der Waals surface area contributed by atoms with Gasteiger partial charge in [0.1, 0.15) is 0 Å². The van der Waals surface area contributed by atoms with Gasteiger partial charge in [0.25, 0.3) is 0 Å². The minimum absolute atomic E-state index is 0.483. The molecule has 0 spiro atoms. The van der Waals surface area contributed by atoms with Crippen LogP contribution in [0.4, 0.5) is 0 Å². The molecule has 0 amide bonds. The van der Waals surface area contributed by atoms with Crippen LogP contribution in [0.25, 0.3) is 11.1 Å². The Bertz CT molecular complexity index is 521. The van der Waals surface area contributed by atoms with Gasteiger partial charge in [-0.15, -0.1) is 0 Å². The highest BCUT2D eigenvalue weighted by atomic mass is 14.9. The van der Waals surface area contributed by atoms with E-state index < -0.39 is 0 Å². The fourth-order valence-electron chi connectivity index (χ4n) is 1.79. The molecule has 3 heteroatoms. The normalized spacial score (nSPS) is 10.9. The van der Waals surface area contributed by atoms with E-state index in [1.165, 1.54) is 11.1 Å². The molecule has 0 aliphatic carbocycles. The predicted molar refractivity (Wildman–Crippen MR) is 74.2 cm³/mol. The third kappa shape index (κ3) is 3.37. The molecule has 0 fully saturated rings. The molecule has 2 heterocycles. The van der Waals surface area contributed by atoms with Crippen LogP contribution in [-0.2, 0) is 6.54 Å². The molecule has 1 N–H and O–H groups in total. The van der Waals surface area contributed by atoms with E-state index in [1.807, 2.05) is 31.6 Å². The summed E-state index contributed by atoms with van der Waals surface area (Å²) in [5.74, 6) is 0. The van der Waals surface area contributed by atoms with Crippen molar-refractivity contribution in [3.8, 4) is 11.1 Å². The molecule has 0 radical (unpaired) electrons. The van der Waals surface area contributed by atoms with Crippen molar-refractivity contribution in [1.29, 1.82) is 0 Å². The van der Waals surface area contributed by atoms with E-state index in [-0.39, 0.29) is 0 Å². The van der Waals surface area contributed by atoms with Gasteiger partial charge < -0.3 is 5.32 Å². The van der Waals surface area contributed by atoms with Crippen molar-refractivity contribution in [1.82, 2.24) is 15.3 Å². The number of nitrogens with zero attached hydrogens (tertiary/aromatic N) is 2. The van der Waals surface area contributed by atoms with Crippen molar-refractivity contribution in [2.24, 2.45) is 0 Å². The summed E-state index contributed by atoms with van der Waals surface area (Å²) in [5.41, 5.74) is 4.54. The first kappa shape index (κ1) is 12.7. The second kappa shape index (κ2) is 5.74. The van der Waals surface area contributed by atoms with Gasteiger partial charge >= 0.3 is 0 Å². The molecular formula is C15H19N3. The zero-order valence-corrected chi connectivity index (χ0v) is 11.1. The van der Waals surface area contributed by atoms with Gasteiger partial charge in [0, 0.05) is 42.4 Å². The van der Waals surface area contributed by atoms with Crippen LogP contribution in [0.3, 0.4) is 0 Å². The van der Waals surface area contributed by atoms with Gasteiger partial charge in [-0.2, -0.15) is 0 Å². The van der Waals surface area contributed by atoms with Crippen LogP contribution < -0.4 is 5.32 Å². The minimum Gasteiger partial charge on any atom is -0.310 e. The quantitative estimate of drug-likeness (QED) is 0.894. The van der Waals surface area contributed by atoms with E-state index >= 15 is 0 Å². The first-order valence-corrected chi connectivity index (χ1v) is 6.25. The smallest absolute Gasteiger partial charge is 0.0378 e. The Morgan fingerprint density at radius 3 is 2.72 bits per heavy atom. The largest absolute Gasteiger partial charge is 0.310 e. The SMILES string of the molecule is Cc1cc(-c2cncc(CNC(C)C)c2)ccn1. The van der Waals surface area contributed by atoms with Crippen LogP contribution in [0.5, 0.6) is 0 Å². The van der Waals surface area contributed by atoms with Crippen LogP contribution in [0.1, 0.15) is 25.1 Å². The first-order valence-electron chi connectivity index (χ1n) is 6.25. The lowest BCUT2D eigenvalue weighted by atomic mass is 10.1. The second-order valence-electron chi connectivity index (χ2n) is 4.80. The van der Waals surface area contributed by atoms with E-state index in [4.69, 9.17) is 0 Å². The summed E-state index contributed by atoms with van der Waals surface area (Å²) in [6.07, 6.45) is 5.64. The lowest BCUT2D eigenvalue weighted by molar-refractivity contribution is 0.588. The van der Waals surface area contributed by atoms with Crippen LogP contribution in [0, 0.1) is 6.92 Å². The Labute approximate surface area is 108 Å². The summed E-state index contributed by atoms with van der Waals surface area (Å²) in [6.45, 7) is 7.14. The predicted octanol–water partition coefficient (Wildman–Crippen LogP) is 2.95. The molecule has 0 atom stereocenters. The molecule has 0 aliphatic rings. The molecular weight excluding hydrogens is 222 g/mol. The fraction of sp³-hybridized carbons (Fsp3) is 0.333. The molecule has 2 aromatic heterocycles. The van der Waals surface area contributed by atoms with Gasteiger partial charge in [0.15, 0.2) is 0 Å². The number of hydrogen-bond donors (Lipinski definition) is 1. The van der Waals surface area contributed by atoms with Crippen molar-refractivity contribution in [3.63, 3.8) is 0 Å². The number of hydrogen-bond acceptors (Lipinski definition) is 3. The molecule has 18 heavy (non-hydrogen) atoms. The average molecular weight is 241 g/mol. The Morgan fingerprint density at radius 1 is 1.17 bits per heavy atom. The van der Waals surface area contributed by atoms with Gasteiger partial charge in [-0.1, -0.05) is 13.8 Å². The van der Waals surface area contributed by atoms with Crippen LogP contribution in [0.2, 0.25) is 0 Å². The zero-order chi connectivity index (χ0) is 13.0. The molecule has 0 saturated heterocycles. The van der Waals surface area contributed by atoms with Crippen LogP contribution in [-0.4, -0.2) is 16.0 Å². The number of nitrogens with one attached hydrogen (secondary N) is 1. The summed E-state index contributed by atoms with van der Waals surface area (Å²) in [6, 6.07) is 6.76. The molecule has 3 nitrogen and oxygen atoms in total. The molecule has 2 aromatic rings. The summed E-state index contributed by atoms with van der Waals surface area (Å²) < 4.78 is 0. The Balaban J connectivity index is 2.21. The lowest BCUT2D eigenvalue weighted by Crippen LogP contribution is -2.21. The number of aromatic nitrogens is 2. The lowest BCUT2D eigenvalue weighted by Gasteiger charge is -2.09. The van der Waals surface area contributed by atoms with Crippen LogP contribution in [0.15, 0.2) is 36.8 Å². The molecule has 2 rings (SSSR count). The van der Waals surface area contributed by atoms with Gasteiger partial charge in [-0.3, -0.25) is 9.97 Å². The number of aryl methyl sites for hydroxylation is 1. The van der Waals surface area contributed by atoms with Gasteiger partial charge in [-0.05, 0) is 36.2 Å². The van der Waals surface area contributed by atoms with Crippen molar-refractivity contribution in [3.05, 3.63) is 48.0 Å². The summed E-state index contributed by atoms with van der Waals surface area (Å²) in [5, 5.41) is 3.40. The van der Waals surface area contributed by atoms with E-state index in [0.717, 1.165) is 17.8 Å². The topological polar surface area (TPSA) is 37.8 Å². The van der Waals surface area contributed by atoms with E-state index in [0.29, 0.717) is 6.04 Å². The highest BCUT2D eigenvalue weighted by molar-refractivity contribution is 5.62. The Hall–Kier alpha value is -1.74. The summed E-state index contributed by atoms with van der Waals surface area (Å²) in [4.78, 5) is 8.52. The zero-order valence-electron chi connectivity index (χ0n) is 11.1. The van der Waals surface area contributed by atoms with Gasteiger partial charge in [0.2, 0.25) is 0 Å². The first-order chi connectivity index (χ1) is 8.65. The monoisotopic (exact) mass is 241 g/mol. The summed E-state index contributed by atoms with van der Waals surface area (Å²) >= 11 is 0. The van der Waals surface area contributed by atoms with Gasteiger partial charge in [-0.25, -0.2) is 0 Å². The highest BCUT2D eigenvalue weighted by Gasteiger charge is 2.01.